The van der Waals surface area contributed by atoms with Gasteiger partial charge in [-0.2, -0.15) is 0 Å². The Morgan fingerprint density at radius 1 is 1.06 bits per heavy atom. The molecule has 2 N–H and O–H groups in total. The maximum Gasteiger partial charge on any atom is 0.255 e. The minimum Gasteiger partial charge on any atom is -0.497 e. The molecule has 158 valence electrons. The Labute approximate surface area is 193 Å². The Morgan fingerprint density at radius 2 is 1.94 bits per heavy atom. The minimum absolute atomic E-state index is 0.277. The molecule has 0 saturated heterocycles. The number of methoxy groups -OCH3 is 1. The number of imidazole rings is 1. The fourth-order valence-corrected chi connectivity index (χ4v) is 4.03. The van der Waals surface area contributed by atoms with Crippen molar-refractivity contribution >= 4 is 56.7 Å². The van der Waals surface area contributed by atoms with Crippen molar-refractivity contribution in [2.75, 3.05) is 12.4 Å². The van der Waals surface area contributed by atoms with E-state index in [9.17, 15) is 4.79 Å². The summed E-state index contributed by atoms with van der Waals surface area (Å²) in [5, 5.41) is 4.85. The molecule has 2 heterocycles. The molecule has 5 aromatic rings. The Hall–Kier alpha value is -3.61. The first-order chi connectivity index (χ1) is 15.5. The normalized spacial score (nSPS) is 11.1. The van der Waals surface area contributed by atoms with Crippen molar-refractivity contribution in [3.05, 3.63) is 82.5 Å². The number of nitrogens with zero attached hydrogens (tertiary/aromatic N) is 2. The molecule has 1 amide bonds. The Balaban J connectivity index is 1.49. The van der Waals surface area contributed by atoms with E-state index < -0.39 is 0 Å². The molecule has 0 saturated carbocycles. The maximum absolute atomic E-state index is 13.0. The van der Waals surface area contributed by atoms with Crippen molar-refractivity contribution in [2.24, 2.45) is 0 Å². The highest BCUT2D eigenvalue weighted by molar-refractivity contribution is 6.36. The zero-order chi connectivity index (χ0) is 22.2. The molecule has 0 unspecified atom stereocenters. The van der Waals surface area contributed by atoms with Crippen molar-refractivity contribution in [3.8, 4) is 17.1 Å². The molecule has 32 heavy (non-hydrogen) atoms. The van der Waals surface area contributed by atoms with Gasteiger partial charge in [0.05, 0.1) is 34.4 Å². The van der Waals surface area contributed by atoms with Crippen LogP contribution in [0.25, 0.3) is 33.3 Å². The number of halogens is 2. The van der Waals surface area contributed by atoms with Crippen molar-refractivity contribution in [3.63, 3.8) is 0 Å². The van der Waals surface area contributed by atoms with Gasteiger partial charge < -0.3 is 15.0 Å². The van der Waals surface area contributed by atoms with Gasteiger partial charge in [-0.15, -0.1) is 0 Å². The van der Waals surface area contributed by atoms with Crippen LogP contribution in [0.3, 0.4) is 0 Å². The first kappa shape index (κ1) is 20.3. The van der Waals surface area contributed by atoms with Crippen LogP contribution < -0.4 is 10.1 Å². The third kappa shape index (κ3) is 3.75. The van der Waals surface area contributed by atoms with Gasteiger partial charge in [-0.05, 0) is 48.5 Å². The first-order valence-corrected chi connectivity index (χ1v) is 10.5. The summed E-state index contributed by atoms with van der Waals surface area (Å²) in [5.74, 6) is 0.955. The van der Waals surface area contributed by atoms with Crippen molar-refractivity contribution in [1.82, 2.24) is 15.0 Å². The highest BCUT2D eigenvalue weighted by atomic mass is 35.5. The summed E-state index contributed by atoms with van der Waals surface area (Å²) in [5.41, 5.74) is 3.88. The molecule has 0 aliphatic heterocycles. The molecule has 3 aromatic carbocycles. The monoisotopic (exact) mass is 462 g/mol. The largest absolute Gasteiger partial charge is 0.497 e. The fourth-order valence-electron chi connectivity index (χ4n) is 3.53. The summed E-state index contributed by atoms with van der Waals surface area (Å²) in [6, 6.07) is 17.9. The molecule has 6 nitrogen and oxygen atoms in total. The van der Waals surface area contributed by atoms with E-state index in [-0.39, 0.29) is 5.91 Å². The lowest BCUT2D eigenvalue weighted by Gasteiger charge is -2.10. The van der Waals surface area contributed by atoms with Crippen LogP contribution in [-0.4, -0.2) is 28.0 Å². The molecule has 0 aliphatic rings. The lowest BCUT2D eigenvalue weighted by atomic mass is 10.1. The number of hydrogen-bond donors (Lipinski definition) is 2. The number of aromatic nitrogens is 3. The average Bonchev–Trinajstić information content (AvgIpc) is 3.21. The molecule has 0 aliphatic carbocycles. The van der Waals surface area contributed by atoms with Gasteiger partial charge in [-0.25, -0.2) is 4.98 Å². The minimum atomic E-state index is -0.277. The standard InChI is InChI=1S/C24H16Cl2N4O2/c1-32-16-9-13-3-2-8-27-22(13)21(12-16)30-24(31)14-4-7-19-20(10-14)29-23(28-19)17-6-5-15(25)11-18(17)26/h2-12H,1H3,(H,28,29)(H,30,31). The Kier molecular flexibility index (Phi) is 5.17. The van der Waals surface area contributed by atoms with Gasteiger partial charge in [0, 0.05) is 33.8 Å². The topological polar surface area (TPSA) is 79.9 Å². The predicted molar refractivity (Wildman–Crippen MR) is 128 cm³/mol. The molecule has 0 atom stereocenters. The van der Waals surface area contributed by atoms with E-state index in [2.05, 4.69) is 20.3 Å². The number of benzene rings is 3. The zero-order valence-electron chi connectivity index (χ0n) is 16.8. The summed E-state index contributed by atoms with van der Waals surface area (Å²) in [7, 11) is 1.58. The molecule has 0 radical (unpaired) electrons. The SMILES string of the molecule is COc1cc(NC(=O)c2ccc3[nH]c(-c4ccc(Cl)cc4Cl)nc3c2)c2ncccc2c1. The number of anilines is 1. The summed E-state index contributed by atoms with van der Waals surface area (Å²) in [4.78, 5) is 25.2. The number of hydrogen-bond acceptors (Lipinski definition) is 4. The number of nitrogens with one attached hydrogen (secondary N) is 2. The molecule has 0 spiro atoms. The smallest absolute Gasteiger partial charge is 0.255 e. The summed E-state index contributed by atoms with van der Waals surface area (Å²) in [6.45, 7) is 0. The maximum atomic E-state index is 13.0. The number of aromatic amines is 1. The van der Waals surface area contributed by atoms with E-state index in [1.807, 2.05) is 24.3 Å². The van der Waals surface area contributed by atoms with E-state index in [1.54, 1.807) is 49.7 Å². The fraction of sp³-hybridized carbons (Fsp3) is 0.0417. The second-order valence-corrected chi connectivity index (χ2v) is 7.99. The van der Waals surface area contributed by atoms with Crippen molar-refractivity contribution in [1.29, 1.82) is 0 Å². The average molecular weight is 463 g/mol. The van der Waals surface area contributed by atoms with Crippen LogP contribution in [0.1, 0.15) is 10.4 Å². The van der Waals surface area contributed by atoms with Crippen LogP contribution in [0.15, 0.2) is 66.9 Å². The van der Waals surface area contributed by atoms with Gasteiger partial charge in [0.2, 0.25) is 0 Å². The van der Waals surface area contributed by atoms with Crippen LogP contribution in [0.5, 0.6) is 5.75 Å². The van der Waals surface area contributed by atoms with Crippen LogP contribution >= 0.6 is 23.2 Å². The molecular formula is C24H16Cl2N4O2. The number of amides is 1. The third-order valence-corrected chi connectivity index (χ3v) is 5.64. The summed E-state index contributed by atoms with van der Waals surface area (Å²) in [6.07, 6.45) is 1.68. The van der Waals surface area contributed by atoms with Gasteiger partial charge in [-0.1, -0.05) is 29.3 Å². The molecule has 5 rings (SSSR count). The van der Waals surface area contributed by atoms with Crippen molar-refractivity contribution in [2.45, 2.75) is 0 Å². The molecule has 8 heteroatoms. The van der Waals surface area contributed by atoms with Crippen LogP contribution in [0.4, 0.5) is 5.69 Å². The van der Waals surface area contributed by atoms with E-state index in [0.29, 0.717) is 43.9 Å². The number of carbonyl (C=O) groups excluding carboxylic acids is 1. The number of pyridine rings is 1. The van der Waals surface area contributed by atoms with Crippen LogP contribution in [0, 0.1) is 0 Å². The second kappa shape index (κ2) is 8.15. The Morgan fingerprint density at radius 3 is 2.75 bits per heavy atom. The van der Waals surface area contributed by atoms with Gasteiger partial charge in [0.1, 0.15) is 11.6 Å². The zero-order valence-corrected chi connectivity index (χ0v) is 18.3. The van der Waals surface area contributed by atoms with Crippen LogP contribution in [-0.2, 0) is 0 Å². The van der Waals surface area contributed by atoms with Gasteiger partial charge >= 0.3 is 0 Å². The van der Waals surface area contributed by atoms with E-state index in [4.69, 9.17) is 27.9 Å². The van der Waals surface area contributed by atoms with Gasteiger partial charge in [0.15, 0.2) is 0 Å². The molecule has 0 bridgehead atoms. The van der Waals surface area contributed by atoms with Crippen molar-refractivity contribution < 1.29 is 9.53 Å². The van der Waals surface area contributed by atoms with Gasteiger partial charge in [-0.3, -0.25) is 9.78 Å². The molecule has 2 aromatic heterocycles. The lowest BCUT2D eigenvalue weighted by Crippen LogP contribution is -2.12. The van der Waals surface area contributed by atoms with E-state index >= 15 is 0 Å². The van der Waals surface area contributed by atoms with E-state index in [0.717, 1.165) is 16.5 Å². The number of fused-ring (bicyclic) bond motifs is 2. The number of rotatable bonds is 4. The van der Waals surface area contributed by atoms with Gasteiger partial charge in [0.25, 0.3) is 5.91 Å². The number of H-pyrrole nitrogens is 1. The highest BCUT2D eigenvalue weighted by Crippen LogP contribution is 2.31. The first-order valence-electron chi connectivity index (χ1n) is 9.71. The number of carbonyl (C=O) groups is 1. The molecular weight excluding hydrogens is 447 g/mol. The predicted octanol–water partition coefficient (Wildman–Crippen LogP) is 6.35. The molecule has 0 fully saturated rings. The number of ether oxygens (including phenoxy) is 1. The summed E-state index contributed by atoms with van der Waals surface area (Å²) < 4.78 is 5.36. The Bertz CT molecular complexity index is 1500. The third-order valence-electron chi connectivity index (χ3n) is 5.09. The quantitative estimate of drug-likeness (QED) is 0.326. The second-order valence-electron chi connectivity index (χ2n) is 7.15. The summed E-state index contributed by atoms with van der Waals surface area (Å²) >= 11 is 12.3. The van der Waals surface area contributed by atoms with E-state index in [1.165, 1.54) is 0 Å². The highest BCUT2D eigenvalue weighted by Gasteiger charge is 2.14. The lowest BCUT2D eigenvalue weighted by molar-refractivity contribution is 0.102. The van der Waals surface area contributed by atoms with Crippen LogP contribution in [0.2, 0.25) is 10.0 Å².